The number of Topliss-reactive ketones (excluding diaryl/α,β-unsaturated/α-hetero) is 1. The first-order chi connectivity index (χ1) is 13.4. The highest BCUT2D eigenvalue weighted by molar-refractivity contribution is 6.43. The zero-order valence-corrected chi connectivity index (χ0v) is 17.0. The molecule has 0 aliphatic heterocycles. The molecule has 6 nitrogen and oxygen atoms in total. The summed E-state index contributed by atoms with van der Waals surface area (Å²) in [5.74, 6) is -1.89. The second-order valence-electron chi connectivity index (χ2n) is 6.75. The first-order valence-corrected chi connectivity index (χ1v) is 9.69. The van der Waals surface area contributed by atoms with Gasteiger partial charge in [0, 0.05) is 17.8 Å². The number of amides is 1. The van der Waals surface area contributed by atoms with Crippen LogP contribution in [0.2, 0.25) is 0 Å². The quantitative estimate of drug-likeness (QED) is 0.296. The van der Waals surface area contributed by atoms with Crippen LogP contribution in [0.3, 0.4) is 0 Å². The highest BCUT2D eigenvalue weighted by Crippen LogP contribution is 2.31. The molecule has 28 heavy (non-hydrogen) atoms. The van der Waals surface area contributed by atoms with Gasteiger partial charge in [-0.1, -0.05) is 49.6 Å². The van der Waals surface area contributed by atoms with Crippen LogP contribution in [0.5, 0.6) is 0 Å². The Morgan fingerprint density at radius 2 is 1.71 bits per heavy atom. The van der Waals surface area contributed by atoms with E-state index in [0.717, 1.165) is 24.8 Å². The Morgan fingerprint density at radius 1 is 1.04 bits per heavy atom. The molecule has 1 heterocycles. The predicted molar refractivity (Wildman–Crippen MR) is 109 cm³/mol. The molecule has 1 aromatic carbocycles. The van der Waals surface area contributed by atoms with Gasteiger partial charge in [-0.3, -0.25) is 9.59 Å². The summed E-state index contributed by atoms with van der Waals surface area (Å²) in [4.78, 5) is 40.6. The van der Waals surface area contributed by atoms with Crippen LogP contribution in [0.4, 0.5) is 0 Å². The molecule has 2 rings (SSSR count). The lowest BCUT2D eigenvalue weighted by atomic mass is 9.97. The number of aromatic amines is 1. The molecule has 0 fully saturated rings. The van der Waals surface area contributed by atoms with Crippen molar-refractivity contribution in [3.05, 3.63) is 46.8 Å². The fraction of sp³-hybridized carbons (Fsp3) is 0.409. The Labute approximate surface area is 165 Å². The Bertz CT molecular complexity index is 850. The van der Waals surface area contributed by atoms with E-state index in [9.17, 15) is 14.4 Å². The van der Waals surface area contributed by atoms with E-state index < -0.39 is 17.7 Å². The Hall–Kier alpha value is -2.89. The molecule has 0 saturated carbocycles. The summed E-state index contributed by atoms with van der Waals surface area (Å²) in [5.41, 5.74) is 3.03. The number of unbranched alkanes of at least 4 members (excludes halogenated alkanes) is 2. The summed E-state index contributed by atoms with van der Waals surface area (Å²) in [5, 5.41) is 2.66. The van der Waals surface area contributed by atoms with E-state index in [1.54, 1.807) is 13.8 Å². The highest BCUT2D eigenvalue weighted by Gasteiger charge is 2.29. The van der Waals surface area contributed by atoms with Crippen molar-refractivity contribution in [3.63, 3.8) is 0 Å². The molecule has 0 spiro atoms. The number of aromatic nitrogens is 1. The van der Waals surface area contributed by atoms with Gasteiger partial charge in [0.1, 0.15) is 5.69 Å². The maximum absolute atomic E-state index is 12.8. The van der Waals surface area contributed by atoms with Crippen molar-refractivity contribution in [3.8, 4) is 11.1 Å². The number of ether oxygens (including phenoxy) is 1. The van der Waals surface area contributed by atoms with E-state index in [1.165, 1.54) is 0 Å². The lowest BCUT2D eigenvalue weighted by molar-refractivity contribution is -0.117. The first-order valence-electron chi connectivity index (χ1n) is 9.69. The second-order valence-corrected chi connectivity index (χ2v) is 6.75. The van der Waals surface area contributed by atoms with Gasteiger partial charge in [-0.15, -0.1) is 0 Å². The minimum Gasteiger partial charge on any atom is -0.462 e. The lowest BCUT2D eigenvalue weighted by Crippen LogP contribution is -2.32. The molecule has 2 aromatic rings. The van der Waals surface area contributed by atoms with Crippen molar-refractivity contribution in [1.82, 2.24) is 10.3 Å². The summed E-state index contributed by atoms with van der Waals surface area (Å²) in [6.07, 6.45) is 2.83. The highest BCUT2D eigenvalue weighted by atomic mass is 16.5. The zero-order valence-electron chi connectivity index (χ0n) is 17.0. The number of ketones is 1. The Kier molecular flexibility index (Phi) is 7.55. The fourth-order valence-electron chi connectivity index (χ4n) is 3.03. The van der Waals surface area contributed by atoms with Gasteiger partial charge in [0.25, 0.3) is 11.7 Å². The molecule has 1 amide bonds. The molecule has 0 saturated heterocycles. The van der Waals surface area contributed by atoms with Crippen molar-refractivity contribution in [2.24, 2.45) is 0 Å². The smallest absolute Gasteiger partial charge is 0.340 e. The molecule has 0 unspecified atom stereocenters. The number of hydrogen-bond donors (Lipinski definition) is 2. The summed E-state index contributed by atoms with van der Waals surface area (Å²) < 4.78 is 5.17. The molecule has 0 atom stereocenters. The number of esters is 1. The van der Waals surface area contributed by atoms with Crippen LogP contribution in [0, 0.1) is 13.8 Å². The van der Waals surface area contributed by atoms with Crippen LogP contribution in [0.1, 0.15) is 65.2 Å². The standard InChI is InChI=1S/C22H28N2O4/c1-5-7-8-13-23-21(26)20(25)19-18(16-11-9-14(3)10-12-16)17(15(4)24-19)22(27)28-6-2/h9-12,24H,5-8,13H2,1-4H3,(H,23,26). The minimum absolute atomic E-state index is 0.109. The third-order valence-electron chi connectivity index (χ3n) is 4.51. The van der Waals surface area contributed by atoms with Gasteiger partial charge in [-0.25, -0.2) is 4.79 Å². The topological polar surface area (TPSA) is 88.3 Å². The molecule has 0 aliphatic rings. The number of rotatable bonds is 9. The molecular formula is C22H28N2O4. The summed E-state index contributed by atoms with van der Waals surface area (Å²) >= 11 is 0. The van der Waals surface area contributed by atoms with Crippen LogP contribution in [-0.2, 0) is 9.53 Å². The van der Waals surface area contributed by atoms with E-state index in [2.05, 4.69) is 17.2 Å². The number of carbonyl (C=O) groups excluding carboxylic acids is 3. The number of benzene rings is 1. The van der Waals surface area contributed by atoms with E-state index in [-0.39, 0.29) is 17.9 Å². The maximum Gasteiger partial charge on any atom is 0.340 e. The third-order valence-corrected chi connectivity index (χ3v) is 4.51. The van der Waals surface area contributed by atoms with Gasteiger partial charge in [0.05, 0.1) is 12.2 Å². The second kappa shape index (κ2) is 9.88. The largest absolute Gasteiger partial charge is 0.462 e. The number of nitrogens with one attached hydrogen (secondary N) is 2. The summed E-state index contributed by atoms with van der Waals surface area (Å²) in [7, 11) is 0. The molecule has 0 radical (unpaired) electrons. The SMILES string of the molecule is CCCCCNC(=O)C(=O)c1[nH]c(C)c(C(=O)OCC)c1-c1ccc(C)cc1. The Morgan fingerprint density at radius 3 is 2.32 bits per heavy atom. The zero-order chi connectivity index (χ0) is 20.7. The normalized spacial score (nSPS) is 10.6. The van der Waals surface area contributed by atoms with Gasteiger partial charge < -0.3 is 15.0 Å². The van der Waals surface area contributed by atoms with Gasteiger partial charge in [-0.2, -0.15) is 0 Å². The number of aryl methyl sites for hydroxylation is 2. The molecule has 0 bridgehead atoms. The average Bonchev–Trinajstić information content (AvgIpc) is 3.02. The molecule has 6 heteroatoms. The van der Waals surface area contributed by atoms with Crippen LogP contribution in [0.25, 0.3) is 11.1 Å². The van der Waals surface area contributed by atoms with Crippen LogP contribution < -0.4 is 5.32 Å². The number of carbonyl (C=O) groups is 3. The molecule has 2 N–H and O–H groups in total. The molecule has 1 aromatic heterocycles. The monoisotopic (exact) mass is 384 g/mol. The van der Waals surface area contributed by atoms with Crippen LogP contribution in [-0.4, -0.2) is 35.8 Å². The lowest BCUT2D eigenvalue weighted by Gasteiger charge is -2.09. The van der Waals surface area contributed by atoms with Crippen molar-refractivity contribution in [2.75, 3.05) is 13.2 Å². The number of H-pyrrole nitrogens is 1. The minimum atomic E-state index is -0.689. The van der Waals surface area contributed by atoms with E-state index in [0.29, 0.717) is 23.4 Å². The average molecular weight is 384 g/mol. The predicted octanol–water partition coefficient (Wildman–Crippen LogP) is 3.96. The van der Waals surface area contributed by atoms with Gasteiger partial charge in [0.2, 0.25) is 0 Å². The molecule has 0 aliphatic carbocycles. The summed E-state index contributed by atoms with van der Waals surface area (Å²) in [6.45, 7) is 8.11. The maximum atomic E-state index is 12.8. The van der Waals surface area contributed by atoms with Crippen molar-refractivity contribution in [2.45, 2.75) is 47.0 Å². The van der Waals surface area contributed by atoms with Crippen molar-refractivity contribution >= 4 is 17.7 Å². The van der Waals surface area contributed by atoms with Crippen LogP contribution >= 0.6 is 0 Å². The van der Waals surface area contributed by atoms with Gasteiger partial charge in [-0.05, 0) is 32.8 Å². The summed E-state index contributed by atoms with van der Waals surface area (Å²) in [6, 6.07) is 7.45. The Balaban J connectivity index is 2.44. The van der Waals surface area contributed by atoms with Crippen LogP contribution in [0.15, 0.2) is 24.3 Å². The fourth-order valence-corrected chi connectivity index (χ4v) is 3.03. The van der Waals surface area contributed by atoms with Crippen molar-refractivity contribution in [1.29, 1.82) is 0 Å². The number of hydrogen-bond acceptors (Lipinski definition) is 4. The van der Waals surface area contributed by atoms with E-state index in [1.807, 2.05) is 31.2 Å². The first kappa shape index (κ1) is 21.4. The molecule has 150 valence electrons. The van der Waals surface area contributed by atoms with Gasteiger partial charge >= 0.3 is 5.97 Å². The van der Waals surface area contributed by atoms with E-state index in [4.69, 9.17) is 4.74 Å². The van der Waals surface area contributed by atoms with Gasteiger partial charge in [0.15, 0.2) is 0 Å². The third kappa shape index (κ3) is 4.88. The van der Waals surface area contributed by atoms with E-state index >= 15 is 0 Å². The molecular weight excluding hydrogens is 356 g/mol. The van der Waals surface area contributed by atoms with Crippen molar-refractivity contribution < 1.29 is 19.1 Å².